The lowest BCUT2D eigenvalue weighted by Gasteiger charge is -2.35. The van der Waals surface area contributed by atoms with Gasteiger partial charge in [-0.05, 0) is 38.5 Å². The van der Waals surface area contributed by atoms with E-state index >= 15 is 0 Å². The Morgan fingerprint density at radius 3 is 2.00 bits per heavy atom. The van der Waals surface area contributed by atoms with Crippen molar-refractivity contribution in [1.82, 2.24) is 20.4 Å². The highest BCUT2D eigenvalue weighted by Gasteiger charge is 2.27. The van der Waals surface area contributed by atoms with Gasteiger partial charge in [0.1, 0.15) is 6.54 Å². The number of carbonyl (C=O) groups is 2. The summed E-state index contributed by atoms with van der Waals surface area (Å²) in [6, 6.07) is 0.727. The zero-order valence-corrected chi connectivity index (χ0v) is 20.9. The van der Waals surface area contributed by atoms with Gasteiger partial charge >= 0.3 is 0 Å². The molecule has 0 bridgehead atoms. The third-order valence-electron chi connectivity index (χ3n) is 6.05. The van der Waals surface area contributed by atoms with Gasteiger partial charge in [-0.2, -0.15) is 0 Å². The van der Waals surface area contributed by atoms with E-state index in [0.29, 0.717) is 11.9 Å². The summed E-state index contributed by atoms with van der Waals surface area (Å²) in [6.45, 7) is 5.92. The van der Waals surface area contributed by atoms with Gasteiger partial charge in [-0.1, -0.05) is 26.7 Å². The number of rotatable bonds is 7. The van der Waals surface area contributed by atoms with Gasteiger partial charge in [-0.25, -0.2) is 4.99 Å². The van der Waals surface area contributed by atoms with Crippen LogP contribution in [0.3, 0.4) is 0 Å². The Hall–Kier alpha value is -1.06. The lowest BCUT2D eigenvalue weighted by Crippen LogP contribution is -2.52. The molecule has 1 heterocycles. The fraction of sp³-hybridized carbons (Fsp3) is 0.857. The van der Waals surface area contributed by atoms with Gasteiger partial charge in [0.05, 0.1) is 0 Å². The first kappa shape index (κ1) is 26.0. The summed E-state index contributed by atoms with van der Waals surface area (Å²) in [5.41, 5.74) is 0. The van der Waals surface area contributed by atoms with Crippen molar-refractivity contribution in [3.63, 3.8) is 0 Å². The van der Waals surface area contributed by atoms with Crippen LogP contribution < -0.4 is 10.6 Å². The number of guanidine groups is 1. The maximum Gasteiger partial charge on any atom is 0.243 e. The Balaban J connectivity index is 0.00000420. The molecule has 8 heteroatoms. The molecule has 168 valence electrons. The molecule has 0 radical (unpaired) electrons. The first-order valence-corrected chi connectivity index (χ1v) is 11.0. The molecular formula is C21H40IN5O2. The zero-order valence-electron chi connectivity index (χ0n) is 18.6. The van der Waals surface area contributed by atoms with E-state index in [2.05, 4.69) is 29.5 Å². The first-order chi connectivity index (χ1) is 13.4. The van der Waals surface area contributed by atoms with Gasteiger partial charge in [0, 0.05) is 45.2 Å². The highest BCUT2D eigenvalue weighted by Crippen LogP contribution is 2.19. The van der Waals surface area contributed by atoms with Crippen LogP contribution >= 0.6 is 24.0 Å². The molecule has 0 aromatic carbocycles. The van der Waals surface area contributed by atoms with Gasteiger partial charge in [-0.3, -0.25) is 9.59 Å². The van der Waals surface area contributed by atoms with Crippen LogP contribution in [-0.2, 0) is 9.59 Å². The topological polar surface area (TPSA) is 77.0 Å². The van der Waals surface area contributed by atoms with Crippen LogP contribution in [0.4, 0.5) is 0 Å². The van der Waals surface area contributed by atoms with E-state index in [0.717, 1.165) is 57.6 Å². The number of likely N-dealkylation sites (tertiary alicyclic amines) is 1. The van der Waals surface area contributed by atoms with E-state index in [4.69, 9.17) is 0 Å². The second-order valence-electron chi connectivity index (χ2n) is 8.34. The third kappa shape index (κ3) is 8.30. The number of carbonyl (C=O) groups excluding carboxylic acids is 2. The van der Waals surface area contributed by atoms with Crippen molar-refractivity contribution in [3.8, 4) is 0 Å². The Morgan fingerprint density at radius 2 is 1.52 bits per heavy atom. The molecular weight excluding hydrogens is 481 g/mol. The number of halogens is 1. The second-order valence-corrected chi connectivity index (χ2v) is 8.34. The molecule has 2 amide bonds. The third-order valence-corrected chi connectivity index (χ3v) is 6.05. The molecule has 1 saturated carbocycles. The summed E-state index contributed by atoms with van der Waals surface area (Å²) in [4.78, 5) is 32.6. The minimum absolute atomic E-state index is 0. The number of likely N-dealkylation sites (N-methyl/N-ethyl adjacent to an activating group) is 1. The molecule has 1 saturated heterocycles. The van der Waals surface area contributed by atoms with Gasteiger partial charge in [0.25, 0.3) is 0 Å². The van der Waals surface area contributed by atoms with Crippen molar-refractivity contribution in [2.45, 2.75) is 77.3 Å². The molecule has 2 N–H and O–H groups in total. The lowest BCUT2D eigenvalue weighted by atomic mass is 9.98. The summed E-state index contributed by atoms with van der Waals surface area (Å²) >= 11 is 0. The van der Waals surface area contributed by atoms with Crippen molar-refractivity contribution in [3.05, 3.63) is 0 Å². The molecule has 7 nitrogen and oxygen atoms in total. The summed E-state index contributed by atoms with van der Waals surface area (Å²) in [6.07, 6.45) is 8.47. The van der Waals surface area contributed by atoms with E-state index in [1.165, 1.54) is 12.8 Å². The molecule has 0 atom stereocenters. The molecule has 0 aromatic heterocycles. The SMILES string of the molecule is CCC(CC)C(=O)N1CCC(NC(=NCC(=O)N(C)C)NC2CCCC2)CC1.I. The molecule has 2 fully saturated rings. The smallest absolute Gasteiger partial charge is 0.243 e. The molecule has 0 aromatic rings. The van der Waals surface area contributed by atoms with Crippen molar-refractivity contribution in [2.24, 2.45) is 10.9 Å². The minimum atomic E-state index is -0.00175. The van der Waals surface area contributed by atoms with Crippen LogP contribution in [0.2, 0.25) is 0 Å². The monoisotopic (exact) mass is 521 g/mol. The highest BCUT2D eigenvalue weighted by atomic mass is 127. The van der Waals surface area contributed by atoms with Crippen molar-refractivity contribution in [2.75, 3.05) is 33.7 Å². The van der Waals surface area contributed by atoms with Gasteiger partial charge in [-0.15, -0.1) is 24.0 Å². The van der Waals surface area contributed by atoms with E-state index in [1.54, 1.807) is 19.0 Å². The lowest BCUT2D eigenvalue weighted by molar-refractivity contribution is -0.136. The van der Waals surface area contributed by atoms with E-state index in [1.807, 2.05) is 4.90 Å². The number of amides is 2. The fourth-order valence-corrected chi connectivity index (χ4v) is 4.02. The molecule has 1 aliphatic carbocycles. The number of aliphatic imine (C=N–C) groups is 1. The van der Waals surface area contributed by atoms with Gasteiger partial charge in [0.2, 0.25) is 11.8 Å². The normalized spacial score (nSPS) is 18.5. The molecule has 2 aliphatic rings. The molecule has 2 rings (SSSR count). The van der Waals surface area contributed by atoms with Gasteiger partial charge < -0.3 is 20.4 Å². The zero-order chi connectivity index (χ0) is 20.5. The average Bonchev–Trinajstić information content (AvgIpc) is 3.20. The van der Waals surface area contributed by atoms with Crippen LogP contribution in [0, 0.1) is 5.92 Å². The number of hydrogen-bond donors (Lipinski definition) is 2. The van der Waals surface area contributed by atoms with Crippen LogP contribution in [0.5, 0.6) is 0 Å². The second kappa shape index (κ2) is 13.3. The van der Waals surface area contributed by atoms with Crippen molar-refractivity contribution in [1.29, 1.82) is 0 Å². The molecule has 29 heavy (non-hydrogen) atoms. The Kier molecular flexibility index (Phi) is 11.9. The minimum Gasteiger partial charge on any atom is -0.354 e. The quantitative estimate of drug-likeness (QED) is 0.307. The van der Waals surface area contributed by atoms with Crippen LogP contribution in [0.1, 0.15) is 65.2 Å². The van der Waals surface area contributed by atoms with Crippen LogP contribution in [-0.4, -0.2) is 73.4 Å². The molecule has 1 aliphatic heterocycles. The Morgan fingerprint density at radius 1 is 1.00 bits per heavy atom. The summed E-state index contributed by atoms with van der Waals surface area (Å²) in [7, 11) is 3.50. The molecule has 0 spiro atoms. The van der Waals surface area contributed by atoms with E-state index in [9.17, 15) is 9.59 Å². The fourth-order valence-electron chi connectivity index (χ4n) is 4.02. The van der Waals surface area contributed by atoms with Crippen molar-refractivity contribution >= 4 is 41.8 Å². The predicted octanol–water partition coefficient (Wildman–Crippen LogP) is 2.60. The summed E-state index contributed by atoms with van der Waals surface area (Å²) < 4.78 is 0. The van der Waals surface area contributed by atoms with E-state index < -0.39 is 0 Å². The first-order valence-electron chi connectivity index (χ1n) is 11.0. The van der Waals surface area contributed by atoms with Crippen LogP contribution in [0.25, 0.3) is 0 Å². The highest BCUT2D eigenvalue weighted by molar-refractivity contribution is 14.0. The van der Waals surface area contributed by atoms with E-state index in [-0.39, 0.29) is 48.4 Å². The summed E-state index contributed by atoms with van der Waals surface area (Å²) in [5, 5.41) is 7.04. The number of hydrogen-bond acceptors (Lipinski definition) is 3. The molecule has 0 unspecified atom stereocenters. The van der Waals surface area contributed by atoms with Gasteiger partial charge in [0.15, 0.2) is 5.96 Å². The average molecular weight is 521 g/mol. The predicted molar refractivity (Wildman–Crippen MR) is 129 cm³/mol. The largest absolute Gasteiger partial charge is 0.354 e. The van der Waals surface area contributed by atoms with Crippen molar-refractivity contribution < 1.29 is 9.59 Å². The number of nitrogens with one attached hydrogen (secondary N) is 2. The standard InChI is InChI=1S/C21H39N5O2.HI/c1-5-16(6-2)20(28)26-13-11-18(12-14-26)24-21(22-15-19(27)25(3)4)23-17-9-7-8-10-17;/h16-18H,5-15H2,1-4H3,(H2,22,23,24);1H. The Bertz CT molecular complexity index is 537. The van der Waals surface area contributed by atoms with Crippen LogP contribution in [0.15, 0.2) is 4.99 Å². The number of nitrogens with zero attached hydrogens (tertiary/aromatic N) is 3. The number of piperidine rings is 1. The summed E-state index contributed by atoms with van der Waals surface area (Å²) in [5.74, 6) is 1.20. The maximum atomic E-state index is 12.6. The Labute approximate surface area is 193 Å². The maximum absolute atomic E-state index is 12.6.